The Morgan fingerprint density at radius 2 is 1.47 bits per heavy atom. The van der Waals surface area contributed by atoms with Crippen molar-refractivity contribution in [2.45, 2.75) is 64.2 Å². The van der Waals surface area contributed by atoms with Crippen molar-refractivity contribution < 1.29 is 4.79 Å². The van der Waals surface area contributed by atoms with Crippen LogP contribution in [-0.2, 0) is 4.79 Å². The first kappa shape index (κ1) is 14.1. The van der Waals surface area contributed by atoms with Crippen LogP contribution in [0.1, 0.15) is 64.2 Å². The van der Waals surface area contributed by atoms with Gasteiger partial charge in [0.2, 0.25) is 5.91 Å². The molecule has 0 bridgehead atoms. The quantitative estimate of drug-likeness (QED) is 0.590. The van der Waals surface area contributed by atoms with Crippen molar-refractivity contribution in [2.75, 3.05) is 13.6 Å². The molecule has 0 aromatic heterocycles. The van der Waals surface area contributed by atoms with Crippen LogP contribution in [0.4, 0.5) is 0 Å². The fourth-order valence-corrected chi connectivity index (χ4v) is 2.09. The summed E-state index contributed by atoms with van der Waals surface area (Å²) in [6.07, 6.45) is 11.1. The summed E-state index contributed by atoms with van der Waals surface area (Å²) in [5.41, 5.74) is 0. The highest BCUT2D eigenvalue weighted by molar-refractivity contribution is 5.75. The van der Waals surface area contributed by atoms with Crippen LogP contribution in [0.25, 0.3) is 0 Å². The molecule has 0 aliphatic carbocycles. The van der Waals surface area contributed by atoms with E-state index in [-0.39, 0.29) is 5.91 Å². The molecule has 0 fully saturated rings. The van der Waals surface area contributed by atoms with Crippen LogP contribution in [-0.4, -0.2) is 24.4 Å². The van der Waals surface area contributed by atoms with Gasteiger partial charge in [-0.1, -0.05) is 25.7 Å². The Bertz CT molecular complexity index is 274. The van der Waals surface area contributed by atoms with Crippen LogP contribution < -0.4 is 0 Å². The third-order valence-corrected chi connectivity index (χ3v) is 3.29. The molecule has 1 aliphatic heterocycles. The van der Waals surface area contributed by atoms with Gasteiger partial charge in [0.15, 0.2) is 0 Å². The molecule has 0 radical (unpaired) electrons. The molecule has 0 spiro atoms. The van der Waals surface area contributed by atoms with Gasteiger partial charge in [0, 0.05) is 32.9 Å². The van der Waals surface area contributed by atoms with Gasteiger partial charge in [0.25, 0.3) is 0 Å². The summed E-state index contributed by atoms with van der Waals surface area (Å²) in [5.74, 6) is 6.65. The molecule has 1 aliphatic rings. The molecular formula is C15H25NO. The molecule has 2 nitrogen and oxygen atoms in total. The van der Waals surface area contributed by atoms with Crippen molar-refractivity contribution in [1.29, 1.82) is 0 Å². The Balaban J connectivity index is 2.33. The highest BCUT2D eigenvalue weighted by Crippen LogP contribution is 2.08. The van der Waals surface area contributed by atoms with E-state index < -0.39 is 0 Å². The fourth-order valence-electron chi connectivity index (χ4n) is 2.09. The summed E-state index contributed by atoms with van der Waals surface area (Å²) in [6, 6.07) is 0. The highest BCUT2D eigenvalue weighted by Gasteiger charge is 2.07. The molecule has 1 amide bonds. The molecule has 0 N–H and O–H groups in total. The van der Waals surface area contributed by atoms with Crippen molar-refractivity contribution in [3.05, 3.63) is 0 Å². The van der Waals surface area contributed by atoms with E-state index in [1.165, 1.54) is 32.1 Å². The van der Waals surface area contributed by atoms with E-state index >= 15 is 0 Å². The molecule has 0 aromatic rings. The summed E-state index contributed by atoms with van der Waals surface area (Å²) >= 11 is 0. The molecule has 0 saturated carbocycles. The second kappa shape index (κ2) is 9.10. The number of amides is 1. The van der Waals surface area contributed by atoms with Gasteiger partial charge in [-0.25, -0.2) is 0 Å². The normalized spacial score (nSPS) is 21.0. The SMILES string of the molecule is CN1CCCCCCCCC#CCCCC1=O. The molecule has 0 atom stereocenters. The summed E-state index contributed by atoms with van der Waals surface area (Å²) in [6.45, 7) is 0.921. The zero-order valence-corrected chi connectivity index (χ0v) is 11.1. The monoisotopic (exact) mass is 235 g/mol. The first-order chi connectivity index (χ1) is 8.30. The minimum atomic E-state index is 0.279. The van der Waals surface area contributed by atoms with E-state index in [1.54, 1.807) is 0 Å². The van der Waals surface area contributed by atoms with Crippen LogP contribution >= 0.6 is 0 Å². The van der Waals surface area contributed by atoms with Crippen molar-refractivity contribution in [2.24, 2.45) is 0 Å². The maximum absolute atomic E-state index is 11.7. The first-order valence-electron chi connectivity index (χ1n) is 7.00. The predicted molar refractivity (Wildman–Crippen MR) is 71.6 cm³/mol. The molecule has 2 heteroatoms. The number of nitrogens with zero attached hydrogens (tertiary/aromatic N) is 1. The van der Waals surface area contributed by atoms with Gasteiger partial charge in [0.1, 0.15) is 0 Å². The molecule has 0 saturated heterocycles. The number of hydrogen-bond acceptors (Lipinski definition) is 1. The molecule has 96 valence electrons. The second-order valence-electron chi connectivity index (χ2n) is 4.89. The number of hydrogen-bond donors (Lipinski definition) is 0. The van der Waals surface area contributed by atoms with Crippen LogP contribution in [0.3, 0.4) is 0 Å². The first-order valence-corrected chi connectivity index (χ1v) is 7.00. The van der Waals surface area contributed by atoms with E-state index in [2.05, 4.69) is 11.8 Å². The topological polar surface area (TPSA) is 20.3 Å². The van der Waals surface area contributed by atoms with Gasteiger partial charge >= 0.3 is 0 Å². The minimum Gasteiger partial charge on any atom is -0.346 e. The van der Waals surface area contributed by atoms with Gasteiger partial charge in [-0.3, -0.25) is 4.79 Å². The maximum atomic E-state index is 11.7. The molecular weight excluding hydrogens is 210 g/mol. The van der Waals surface area contributed by atoms with Crippen molar-refractivity contribution in [3.63, 3.8) is 0 Å². The van der Waals surface area contributed by atoms with Gasteiger partial charge in [-0.2, -0.15) is 0 Å². The van der Waals surface area contributed by atoms with E-state index in [9.17, 15) is 4.79 Å². The fraction of sp³-hybridized carbons (Fsp3) is 0.800. The number of carbonyl (C=O) groups is 1. The Hall–Kier alpha value is -0.970. The molecule has 17 heavy (non-hydrogen) atoms. The molecule has 0 aromatic carbocycles. The van der Waals surface area contributed by atoms with Crippen molar-refractivity contribution >= 4 is 5.91 Å². The molecule has 1 rings (SSSR count). The van der Waals surface area contributed by atoms with Crippen LogP contribution in [0.2, 0.25) is 0 Å². The predicted octanol–water partition coefficient (Wildman–Crippen LogP) is 3.36. The standard InChI is InChI=1S/C15H25NO/c1-16-14-12-10-8-6-4-2-3-5-7-9-11-13-15(16)17/h2-4,6,8-14H2,1H3. The molecule has 1 heterocycles. The average Bonchev–Trinajstić information content (AvgIpc) is 2.34. The highest BCUT2D eigenvalue weighted by atomic mass is 16.2. The smallest absolute Gasteiger partial charge is 0.222 e. The summed E-state index contributed by atoms with van der Waals surface area (Å²) in [4.78, 5) is 13.6. The maximum Gasteiger partial charge on any atom is 0.222 e. The lowest BCUT2D eigenvalue weighted by atomic mass is 10.1. The lowest BCUT2D eigenvalue weighted by molar-refractivity contribution is -0.130. The Labute approximate surface area is 106 Å². The van der Waals surface area contributed by atoms with Gasteiger partial charge < -0.3 is 4.90 Å². The summed E-state index contributed by atoms with van der Waals surface area (Å²) in [7, 11) is 1.92. The van der Waals surface area contributed by atoms with E-state index in [0.29, 0.717) is 6.42 Å². The van der Waals surface area contributed by atoms with Crippen LogP contribution in [0.5, 0.6) is 0 Å². The third-order valence-electron chi connectivity index (χ3n) is 3.29. The van der Waals surface area contributed by atoms with Crippen molar-refractivity contribution in [3.8, 4) is 11.8 Å². The van der Waals surface area contributed by atoms with Gasteiger partial charge in [-0.15, -0.1) is 11.8 Å². The van der Waals surface area contributed by atoms with Gasteiger partial charge in [0.05, 0.1) is 0 Å². The minimum absolute atomic E-state index is 0.279. The zero-order chi connectivity index (χ0) is 12.3. The third kappa shape index (κ3) is 7.05. The Morgan fingerprint density at radius 3 is 2.24 bits per heavy atom. The van der Waals surface area contributed by atoms with Crippen LogP contribution in [0, 0.1) is 11.8 Å². The number of carbonyl (C=O) groups excluding carboxylic acids is 1. The second-order valence-corrected chi connectivity index (χ2v) is 4.89. The number of rotatable bonds is 0. The Kier molecular flexibility index (Phi) is 7.54. The van der Waals surface area contributed by atoms with E-state index in [1.807, 2.05) is 11.9 Å². The lowest BCUT2D eigenvalue weighted by Gasteiger charge is -2.16. The van der Waals surface area contributed by atoms with Gasteiger partial charge in [-0.05, 0) is 19.3 Å². The zero-order valence-electron chi connectivity index (χ0n) is 11.1. The summed E-state index contributed by atoms with van der Waals surface area (Å²) in [5, 5.41) is 0. The van der Waals surface area contributed by atoms with E-state index in [0.717, 1.165) is 32.2 Å². The van der Waals surface area contributed by atoms with Crippen LogP contribution in [0.15, 0.2) is 0 Å². The van der Waals surface area contributed by atoms with Crippen molar-refractivity contribution in [1.82, 2.24) is 4.90 Å². The summed E-state index contributed by atoms with van der Waals surface area (Å²) < 4.78 is 0. The average molecular weight is 235 g/mol. The largest absolute Gasteiger partial charge is 0.346 e. The molecule has 0 unspecified atom stereocenters. The Morgan fingerprint density at radius 1 is 0.882 bits per heavy atom. The van der Waals surface area contributed by atoms with E-state index in [4.69, 9.17) is 0 Å². The lowest BCUT2D eigenvalue weighted by Crippen LogP contribution is -2.27.